The largest absolute Gasteiger partial charge is 0.496 e. The first-order valence-electron chi connectivity index (χ1n) is 9.76. The van der Waals surface area contributed by atoms with E-state index in [-0.39, 0.29) is 0 Å². The summed E-state index contributed by atoms with van der Waals surface area (Å²) in [5, 5.41) is 0. The molecule has 0 bridgehead atoms. The second-order valence-electron chi connectivity index (χ2n) is 7.06. The van der Waals surface area contributed by atoms with Crippen molar-refractivity contribution in [3.8, 4) is 11.5 Å². The number of hydrogen-bond donors (Lipinski definition) is 0. The van der Waals surface area contributed by atoms with E-state index < -0.39 is 5.97 Å². The summed E-state index contributed by atoms with van der Waals surface area (Å²) in [4.78, 5) is 16.7. The van der Waals surface area contributed by atoms with E-state index in [9.17, 15) is 4.79 Å². The Labute approximate surface area is 177 Å². The maximum absolute atomic E-state index is 12.7. The van der Waals surface area contributed by atoms with Gasteiger partial charge in [-0.25, -0.2) is 4.79 Å². The molecule has 0 unspecified atom stereocenters. The minimum absolute atomic E-state index is 0.398. The summed E-state index contributed by atoms with van der Waals surface area (Å²) in [7, 11) is 1.62. The van der Waals surface area contributed by atoms with Gasteiger partial charge in [0, 0.05) is 18.0 Å². The van der Waals surface area contributed by atoms with Crippen molar-refractivity contribution >= 4 is 18.1 Å². The average Bonchev–Trinajstić information content (AvgIpc) is 2.77. The third-order valence-corrected chi connectivity index (χ3v) is 4.49. The van der Waals surface area contributed by atoms with E-state index in [1.165, 1.54) is 11.8 Å². The second-order valence-corrected chi connectivity index (χ2v) is 7.06. The van der Waals surface area contributed by atoms with Gasteiger partial charge < -0.3 is 9.47 Å². The van der Waals surface area contributed by atoms with Crippen LogP contribution in [-0.4, -0.2) is 18.1 Å². The predicted molar refractivity (Wildman–Crippen MR) is 121 cm³/mol. The number of pyridine rings is 1. The predicted octanol–water partition coefficient (Wildman–Crippen LogP) is 5.99. The highest BCUT2D eigenvalue weighted by molar-refractivity contribution is 5.91. The number of carbonyl (C=O) groups excluding carboxylic acids is 1. The van der Waals surface area contributed by atoms with Crippen molar-refractivity contribution in [2.45, 2.75) is 20.3 Å². The van der Waals surface area contributed by atoms with Crippen LogP contribution < -0.4 is 9.47 Å². The highest BCUT2D eigenvalue weighted by Crippen LogP contribution is 2.33. The molecule has 3 rings (SSSR count). The monoisotopic (exact) mass is 399 g/mol. The Kier molecular flexibility index (Phi) is 7.17. The second kappa shape index (κ2) is 10.2. The van der Waals surface area contributed by atoms with Crippen LogP contribution in [-0.2, 0) is 6.42 Å². The number of nitrogens with zero attached hydrogens (tertiary/aromatic N) is 1. The highest BCUT2D eigenvalue weighted by Gasteiger charge is 2.16. The Balaban J connectivity index is 1.99. The summed E-state index contributed by atoms with van der Waals surface area (Å²) < 4.78 is 11.4. The zero-order valence-electron chi connectivity index (χ0n) is 17.5. The van der Waals surface area contributed by atoms with Crippen LogP contribution in [0.15, 0.2) is 78.6 Å². The number of hydrogen-bond acceptors (Lipinski definition) is 4. The van der Waals surface area contributed by atoms with Gasteiger partial charge in [-0.1, -0.05) is 54.1 Å². The molecule has 0 saturated carbocycles. The van der Waals surface area contributed by atoms with E-state index >= 15 is 0 Å². The van der Waals surface area contributed by atoms with E-state index in [1.807, 2.05) is 68.5 Å². The van der Waals surface area contributed by atoms with Crippen molar-refractivity contribution in [3.63, 3.8) is 0 Å². The zero-order chi connectivity index (χ0) is 21.3. The van der Waals surface area contributed by atoms with Crippen LogP contribution in [0.4, 0.5) is 0 Å². The van der Waals surface area contributed by atoms with Crippen LogP contribution in [0.5, 0.6) is 11.5 Å². The molecule has 0 fully saturated rings. The fourth-order valence-corrected chi connectivity index (χ4v) is 2.92. The van der Waals surface area contributed by atoms with Gasteiger partial charge in [-0.3, -0.25) is 4.98 Å². The van der Waals surface area contributed by atoms with Crippen LogP contribution in [0.3, 0.4) is 0 Å². The number of carbonyl (C=O) groups is 1. The molecule has 0 aliphatic carbocycles. The van der Waals surface area contributed by atoms with E-state index in [2.05, 4.69) is 11.1 Å². The molecule has 30 heavy (non-hydrogen) atoms. The first kappa shape index (κ1) is 21.1. The number of aromatic nitrogens is 1. The van der Waals surface area contributed by atoms with Crippen molar-refractivity contribution in [3.05, 3.63) is 101 Å². The van der Waals surface area contributed by atoms with Gasteiger partial charge in [0.25, 0.3) is 0 Å². The Morgan fingerprint density at radius 2 is 1.70 bits per heavy atom. The van der Waals surface area contributed by atoms with Crippen LogP contribution in [0.2, 0.25) is 0 Å². The Bertz CT molecular complexity index is 1050. The Hall–Kier alpha value is -3.66. The maximum Gasteiger partial charge on any atom is 0.345 e. The number of benzene rings is 2. The molecule has 2 aromatic carbocycles. The molecule has 1 heterocycles. The molecule has 152 valence electrons. The summed E-state index contributed by atoms with van der Waals surface area (Å²) in [6, 6.07) is 17.2. The van der Waals surface area contributed by atoms with Crippen LogP contribution in [0.25, 0.3) is 12.2 Å². The van der Waals surface area contributed by atoms with Gasteiger partial charge in [0.15, 0.2) is 0 Å². The minimum atomic E-state index is -0.451. The number of allylic oxidation sites excluding steroid dienone is 2. The fourth-order valence-electron chi connectivity index (χ4n) is 2.92. The first-order chi connectivity index (χ1) is 14.6. The van der Waals surface area contributed by atoms with Gasteiger partial charge in [0.05, 0.1) is 12.7 Å². The van der Waals surface area contributed by atoms with Crippen molar-refractivity contribution in [1.82, 2.24) is 4.98 Å². The Morgan fingerprint density at radius 3 is 2.37 bits per heavy atom. The van der Waals surface area contributed by atoms with Gasteiger partial charge in [-0.05, 0) is 55.7 Å². The number of esters is 1. The molecular formula is C26H25NO3. The standard InChI is InChI=1S/C26H25NO3/c1-19(2)11-14-23-24(29-3)16-21(13-12-20-8-5-4-6-9-20)17-25(23)30-26(28)22-10-7-15-27-18-22/h4-13,15-18H,14H2,1-3H3. The maximum atomic E-state index is 12.7. The molecule has 0 radical (unpaired) electrons. The van der Waals surface area contributed by atoms with Gasteiger partial charge in [0.1, 0.15) is 11.5 Å². The smallest absolute Gasteiger partial charge is 0.345 e. The molecule has 0 saturated heterocycles. The molecule has 0 amide bonds. The summed E-state index contributed by atoms with van der Waals surface area (Å²) in [5.41, 5.74) is 4.36. The van der Waals surface area contributed by atoms with E-state index in [0.717, 1.165) is 16.7 Å². The lowest BCUT2D eigenvalue weighted by molar-refractivity contribution is 0.0732. The zero-order valence-corrected chi connectivity index (χ0v) is 17.5. The summed E-state index contributed by atoms with van der Waals surface area (Å²) in [5.74, 6) is 0.706. The van der Waals surface area contributed by atoms with Crippen LogP contribution >= 0.6 is 0 Å². The van der Waals surface area contributed by atoms with Gasteiger partial charge in [-0.15, -0.1) is 0 Å². The summed E-state index contributed by atoms with van der Waals surface area (Å²) >= 11 is 0. The number of methoxy groups -OCH3 is 1. The lowest BCUT2D eigenvalue weighted by Crippen LogP contribution is -2.11. The number of ether oxygens (including phenoxy) is 2. The molecule has 3 aromatic rings. The third-order valence-electron chi connectivity index (χ3n) is 4.49. The molecule has 4 nitrogen and oxygen atoms in total. The quantitative estimate of drug-likeness (QED) is 0.212. The summed E-state index contributed by atoms with van der Waals surface area (Å²) in [6.45, 7) is 4.07. The van der Waals surface area contributed by atoms with Gasteiger partial charge in [-0.2, -0.15) is 0 Å². The highest BCUT2D eigenvalue weighted by atomic mass is 16.5. The van der Waals surface area contributed by atoms with Crippen molar-refractivity contribution in [2.75, 3.05) is 7.11 Å². The van der Waals surface area contributed by atoms with Crippen LogP contribution in [0, 0.1) is 0 Å². The molecule has 0 aliphatic rings. The molecule has 1 aromatic heterocycles. The van der Waals surface area contributed by atoms with E-state index in [4.69, 9.17) is 9.47 Å². The Morgan fingerprint density at radius 1 is 0.967 bits per heavy atom. The molecular weight excluding hydrogens is 374 g/mol. The van der Waals surface area contributed by atoms with Crippen LogP contribution in [0.1, 0.15) is 40.9 Å². The van der Waals surface area contributed by atoms with Crippen molar-refractivity contribution < 1.29 is 14.3 Å². The van der Waals surface area contributed by atoms with Gasteiger partial charge >= 0.3 is 5.97 Å². The lowest BCUT2D eigenvalue weighted by atomic mass is 10.0. The summed E-state index contributed by atoms with van der Waals surface area (Å²) in [6.07, 6.45) is 9.79. The van der Waals surface area contributed by atoms with E-state index in [1.54, 1.807) is 25.4 Å². The van der Waals surface area contributed by atoms with Gasteiger partial charge in [0.2, 0.25) is 0 Å². The fraction of sp³-hybridized carbons (Fsp3) is 0.154. The minimum Gasteiger partial charge on any atom is -0.496 e. The molecule has 0 spiro atoms. The average molecular weight is 399 g/mol. The lowest BCUT2D eigenvalue weighted by Gasteiger charge is -2.15. The number of rotatable bonds is 7. The molecule has 4 heteroatoms. The molecule has 0 N–H and O–H groups in total. The normalized spacial score (nSPS) is 10.6. The SMILES string of the molecule is COc1cc(C=Cc2ccccc2)cc(OC(=O)c2cccnc2)c1CC=C(C)C. The van der Waals surface area contributed by atoms with E-state index in [0.29, 0.717) is 23.5 Å². The molecule has 0 aliphatic heterocycles. The first-order valence-corrected chi connectivity index (χ1v) is 9.76. The molecule has 0 atom stereocenters. The van der Waals surface area contributed by atoms with Crippen molar-refractivity contribution in [2.24, 2.45) is 0 Å². The third kappa shape index (κ3) is 5.67. The van der Waals surface area contributed by atoms with Crippen molar-refractivity contribution in [1.29, 1.82) is 0 Å². The topological polar surface area (TPSA) is 48.4 Å².